The second kappa shape index (κ2) is 7.23. The van der Waals surface area contributed by atoms with E-state index in [4.69, 9.17) is 13.9 Å². The molecule has 2 aromatic carbocycles. The molecule has 1 N–H and O–H groups in total. The first-order valence-electron chi connectivity index (χ1n) is 8.49. The molecule has 0 radical (unpaired) electrons. The summed E-state index contributed by atoms with van der Waals surface area (Å²) in [6.07, 6.45) is 0. The highest BCUT2D eigenvalue weighted by atomic mass is 19.1. The predicted octanol–water partition coefficient (Wildman–Crippen LogP) is 2.21. The average Bonchev–Trinajstić information content (AvgIpc) is 3.27. The van der Waals surface area contributed by atoms with Crippen molar-refractivity contribution in [2.75, 3.05) is 12.1 Å². The zero-order valence-corrected chi connectivity index (χ0v) is 15.1. The minimum atomic E-state index is -0.850. The van der Waals surface area contributed by atoms with E-state index < -0.39 is 24.0 Å². The van der Waals surface area contributed by atoms with E-state index in [9.17, 15) is 18.8 Å². The van der Waals surface area contributed by atoms with Gasteiger partial charge in [0.05, 0.1) is 5.69 Å². The quantitative estimate of drug-likeness (QED) is 0.655. The summed E-state index contributed by atoms with van der Waals surface area (Å²) in [4.78, 5) is 36.3. The number of fused-ring (bicyclic) bond motifs is 1. The summed E-state index contributed by atoms with van der Waals surface area (Å²) >= 11 is 0. The van der Waals surface area contributed by atoms with Crippen molar-refractivity contribution in [3.63, 3.8) is 0 Å². The van der Waals surface area contributed by atoms with Crippen molar-refractivity contribution in [3.8, 4) is 23.0 Å². The number of rotatable bonds is 5. The third-order valence-electron chi connectivity index (χ3n) is 4.16. The molecule has 0 bridgehead atoms. The number of carbonyl (C=O) groups is 2. The largest absolute Gasteiger partial charge is 0.454 e. The van der Waals surface area contributed by atoms with Crippen LogP contribution in [0.15, 0.2) is 45.6 Å². The Morgan fingerprint density at radius 2 is 1.86 bits per heavy atom. The number of ketones is 1. The Kier molecular flexibility index (Phi) is 4.59. The lowest BCUT2D eigenvalue weighted by Gasteiger charge is -2.10. The molecule has 1 aliphatic rings. The maximum Gasteiger partial charge on any atom is 0.437 e. The number of hydrogen-bond acceptors (Lipinski definition) is 7. The van der Waals surface area contributed by atoms with Gasteiger partial charge in [-0.15, -0.1) is 5.10 Å². The fourth-order valence-corrected chi connectivity index (χ4v) is 2.78. The predicted molar refractivity (Wildman–Crippen MR) is 97.4 cm³/mol. The molecule has 1 aliphatic heterocycles. The van der Waals surface area contributed by atoms with Crippen LogP contribution >= 0.6 is 0 Å². The molecule has 148 valence electrons. The topological polar surface area (TPSA) is 113 Å². The summed E-state index contributed by atoms with van der Waals surface area (Å²) in [6.45, 7) is 0.921. The third kappa shape index (κ3) is 3.72. The van der Waals surface area contributed by atoms with E-state index in [-0.39, 0.29) is 29.7 Å². The molecule has 0 saturated heterocycles. The molecule has 0 saturated carbocycles. The maximum atomic E-state index is 13.0. The first-order valence-corrected chi connectivity index (χ1v) is 8.49. The van der Waals surface area contributed by atoms with Gasteiger partial charge in [-0.25, -0.2) is 9.18 Å². The van der Waals surface area contributed by atoms with Crippen molar-refractivity contribution < 1.29 is 27.9 Å². The summed E-state index contributed by atoms with van der Waals surface area (Å²) in [6, 6.07) is 8.16. The van der Waals surface area contributed by atoms with Crippen LogP contribution in [0.3, 0.4) is 0 Å². The standard InChI is InChI=1S/C19H14FN3O6/c1-10(24)13-6-15-16(28-9-27-15)7-14(13)21-17(25)8-23-19(26)29-18(22-23)11-2-4-12(20)5-3-11/h2-7H,8-9H2,1H3,(H,21,25). The van der Waals surface area contributed by atoms with Crippen LogP contribution in [0.2, 0.25) is 0 Å². The SMILES string of the molecule is CC(=O)c1cc2c(cc1NC(=O)Cn1nc(-c3ccc(F)cc3)oc1=O)OCO2. The molecule has 10 heteroatoms. The Labute approximate surface area is 162 Å². The molecular formula is C19H14FN3O6. The summed E-state index contributed by atoms with van der Waals surface area (Å²) < 4.78 is 29.4. The van der Waals surface area contributed by atoms with Gasteiger partial charge in [0, 0.05) is 17.2 Å². The van der Waals surface area contributed by atoms with Gasteiger partial charge in [0.15, 0.2) is 17.3 Å². The van der Waals surface area contributed by atoms with Crippen molar-refractivity contribution in [2.45, 2.75) is 13.5 Å². The van der Waals surface area contributed by atoms with Gasteiger partial charge >= 0.3 is 5.76 Å². The molecule has 3 aromatic rings. The van der Waals surface area contributed by atoms with Crippen molar-refractivity contribution in [2.24, 2.45) is 0 Å². The molecule has 9 nitrogen and oxygen atoms in total. The summed E-state index contributed by atoms with van der Waals surface area (Å²) in [5, 5.41) is 6.52. The summed E-state index contributed by atoms with van der Waals surface area (Å²) in [5.41, 5.74) is 0.849. The highest BCUT2D eigenvalue weighted by Gasteiger charge is 2.21. The zero-order valence-electron chi connectivity index (χ0n) is 15.1. The zero-order chi connectivity index (χ0) is 20.5. The fourth-order valence-electron chi connectivity index (χ4n) is 2.78. The number of carbonyl (C=O) groups excluding carboxylic acids is 2. The van der Waals surface area contributed by atoms with E-state index in [0.29, 0.717) is 17.1 Å². The molecule has 0 atom stereocenters. The monoisotopic (exact) mass is 399 g/mol. The Hall–Kier alpha value is -3.95. The van der Waals surface area contributed by atoms with Gasteiger partial charge in [0.2, 0.25) is 18.6 Å². The lowest BCUT2D eigenvalue weighted by Crippen LogP contribution is -2.26. The fraction of sp³-hybridized carbons (Fsp3) is 0.158. The van der Waals surface area contributed by atoms with Gasteiger partial charge in [0.1, 0.15) is 12.4 Å². The van der Waals surface area contributed by atoms with Crippen molar-refractivity contribution >= 4 is 17.4 Å². The van der Waals surface area contributed by atoms with E-state index in [2.05, 4.69) is 10.4 Å². The second-order valence-corrected chi connectivity index (χ2v) is 6.19. The molecule has 29 heavy (non-hydrogen) atoms. The number of hydrogen-bond donors (Lipinski definition) is 1. The number of nitrogens with one attached hydrogen (secondary N) is 1. The number of halogens is 1. The Morgan fingerprint density at radius 1 is 1.17 bits per heavy atom. The molecule has 4 rings (SSSR count). The van der Waals surface area contributed by atoms with Gasteiger partial charge in [-0.1, -0.05) is 0 Å². The first-order chi connectivity index (χ1) is 13.9. The minimum absolute atomic E-state index is 0.0184. The Morgan fingerprint density at radius 3 is 2.55 bits per heavy atom. The highest BCUT2D eigenvalue weighted by molar-refractivity contribution is 6.04. The van der Waals surface area contributed by atoms with E-state index in [1.165, 1.54) is 43.3 Å². The Bertz CT molecular complexity index is 1170. The molecule has 0 aliphatic carbocycles. The average molecular weight is 399 g/mol. The van der Waals surface area contributed by atoms with Crippen LogP contribution in [0.25, 0.3) is 11.5 Å². The number of nitrogens with zero attached hydrogens (tertiary/aromatic N) is 2. The smallest absolute Gasteiger partial charge is 0.437 e. The van der Waals surface area contributed by atoms with Gasteiger partial charge in [-0.3, -0.25) is 9.59 Å². The maximum absolute atomic E-state index is 13.0. The molecule has 0 unspecified atom stereocenters. The molecular weight excluding hydrogens is 385 g/mol. The van der Waals surface area contributed by atoms with E-state index in [1.54, 1.807) is 0 Å². The number of ether oxygens (including phenoxy) is 2. The van der Waals surface area contributed by atoms with E-state index in [1.807, 2.05) is 0 Å². The van der Waals surface area contributed by atoms with Gasteiger partial charge < -0.3 is 19.2 Å². The Balaban J connectivity index is 1.54. The van der Waals surface area contributed by atoms with Crippen molar-refractivity contribution in [1.82, 2.24) is 9.78 Å². The summed E-state index contributed by atoms with van der Waals surface area (Å²) in [7, 11) is 0. The van der Waals surface area contributed by atoms with Crippen LogP contribution in [0.5, 0.6) is 11.5 Å². The van der Waals surface area contributed by atoms with Crippen LogP contribution in [0, 0.1) is 5.82 Å². The van der Waals surface area contributed by atoms with Crippen LogP contribution in [-0.2, 0) is 11.3 Å². The molecule has 2 heterocycles. The number of aromatic nitrogens is 2. The lowest BCUT2D eigenvalue weighted by atomic mass is 10.1. The molecule has 1 amide bonds. The number of benzene rings is 2. The van der Waals surface area contributed by atoms with Crippen molar-refractivity contribution in [1.29, 1.82) is 0 Å². The van der Waals surface area contributed by atoms with Gasteiger partial charge in [0.25, 0.3) is 0 Å². The van der Waals surface area contributed by atoms with E-state index >= 15 is 0 Å². The second-order valence-electron chi connectivity index (χ2n) is 6.19. The van der Waals surface area contributed by atoms with Crippen LogP contribution in [-0.4, -0.2) is 28.3 Å². The lowest BCUT2D eigenvalue weighted by molar-refractivity contribution is -0.117. The van der Waals surface area contributed by atoms with Crippen LogP contribution in [0.1, 0.15) is 17.3 Å². The van der Waals surface area contributed by atoms with Crippen LogP contribution in [0.4, 0.5) is 10.1 Å². The molecule has 1 aromatic heterocycles. The van der Waals surface area contributed by atoms with Gasteiger partial charge in [-0.05, 0) is 37.3 Å². The number of amides is 1. The van der Waals surface area contributed by atoms with Crippen molar-refractivity contribution in [3.05, 3.63) is 58.3 Å². The number of Topliss-reactive ketones (excluding diaryl/α,β-unsaturated/α-hetero) is 1. The van der Waals surface area contributed by atoms with E-state index in [0.717, 1.165) is 4.68 Å². The normalized spacial score (nSPS) is 12.1. The molecule has 0 fully saturated rings. The number of anilines is 1. The molecule has 0 spiro atoms. The van der Waals surface area contributed by atoms with Gasteiger partial charge in [-0.2, -0.15) is 4.68 Å². The third-order valence-corrected chi connectivity index (χ3v) is 4.16. The van der Waals surface area contributed by atoms with Crippen LogP contribution < -0.4 is 20.5 Å². The minimum Gasteiger partial charge on any atom is -0.454 e. The summed E-state index contributed by atoms with van der Waals surface area (Å²) in [5.74, 6) is -1.43. The first kappa shape index (κ1) is 18.4. The highest BCUT2D eigenvalue weighted by Crippen LogP contribution is 2.37.